The molecule has 0 aromatic carbocycles. The Hall–Kier alpha value is -1.18. The number of primary amides is 1. The zero-order chi connectivity index (χ0) is 14.3. The highest BCUT2D eigenvalue weighted by Gasteiger charge is 2.24. The number of amides is 3. The molecule has 1 aliphatic heterocycles. The molecule has 0 spiro atoms. The predicted molar refractivity (Wildman–Crippen MR) is 73.5 cm³/mol. The minimum absolute atomic E-state index is 0.331. The Labute approximate surface area is 114 Å². The van der Waals surface area contributed by atoms with Gasteiger partial charge in [-0.05, 0) is 39.4 Å². The molecule has 0 radical (unpaired) electrons. The van der Waals surface area contributed by atoms with Crippen LogP contribution in [0.2, 0.25) is 0 Å². The van der Waals surface area contributed by atoms with Gasteiger partial charge < -0.3 is 16.4 Å². The van der Waals surface area contributed by atoms with Crippen LogP contribution < -0.4 is 16.8 Å². The molecule has 0 bridgehead atoms. The van der Waals surface area contributed by atoms with Gasteiger partial charge in [-0.1, -0.05) is 0 Å². The van der Waals surface area contributed by atoms with Gasteiger partial charge in [0.25, 0.3) is 0 Å². The van der Waals surface area contributed by atoms with Crippen molar-refractivity contribution in [2.45, 2.75) is 25.8 Å². The lowest BCUT2D eigenvalue weighted by Crippen LogP contribution is -2.49. The quantitative estimate of drug-likeness (QED) is 0.590. The highest BCUT2D eigenvalue weighted by atomic mass is 16.2. The molecule has 1 saturated heterocycles. The van der Waals surface area contributed by atoms with Gasteiger partial charge in [-0.2, -0.15) is 0 Å². The van der Waals surface area contributed by atoms with Gasteiger partial charge in [0.05, 0.1) is 6.04 Å². The van der Waals surface area contributed by atoms with Crippen LogP contribution in [0.1, 0.15) is 19.8 Å². The number of carbonyl (C=O) groups is 2. The first-order chi connectivity index (χ1) is 9.04. The molecule has 0 aromatic heterocycles. The van der Waals surface area contributed by atoms with Crippen LogP contribution in [0.5, 0.6) is 0 Å². The lowest BCUT2D eigenvalue weighted by molar-refractivity contribution is -0.124. The molecule has 1 fully saturated rings. The molecule has 19 heavy (non-hydrogen) atoms. The second-order valence-electron chi connectivity index (χ2n) is 4.90. The SMILES string of the molecule is CC(C(=O)NC(N)=O)N1CCCN(CCCN)CC1. The normalized spacial score (nSPS) is 19.7. The van der Waals surface area contributed by atoms with E-state index in [0.29, 0.717) is 6.54 Å². The molecular weight excluding hydrogens is 246 g/mol. The van der Waals surface area contributed by atoms with Crippen molar-refractivity contribution in [1.82, 2.24) is 15.1 Å². The summed E-state index contributed by atoms with van der Waals surface area (Å²) < 4.78 is 0. The van der Waals surface area contributed by atoms with E-state index in [-0.39, 0.29) is 11.9 Å². The smallest absolute Gasteiger partial charge is 0.318 e. The molecule has 5 N–H and O–H groups in total. The number of hydrogen-bond acceptors (Lipinski definition) is 5. The maximum absolute atomic E-state index is 11.7. The minimum atomic E-state index is -0.795. The van der Waals surface area contributed by atoms with Crippen molar-refractivity contribution in [1.29, 1.82) is 0 Å². The van der Waals surface area contributed by atoms with Crippen LogP contribution in [0.3, 0.4) is 0 Å². The first-order valence-electron chi connectivity index (χ1n) is 6.81. The van der Waals surface area contributed by atoms with E-state index in [0.717, 1.165) is 45.6 Å². The topological polar surface area (TPSA) is 105 Å². The number of urea groups is 1. The van der Waals surface area contributed by atoms with Crippen molar-refractivity contribution >= 4 is 11.9 Å². The highest BCUT2D eigenvalue weighted by Crippen LogP contribution is 2.07. The van der Waals surface area contributed by atoms with E-state index in [9.17, 15) is 9.59 Å². The molecule has 7 heteroatoms. The van der Waals surface area contributed by atoms with Gasteiger partial charge in [0.2, 0.25) is 5.91 Å². The Kier molecular flexibility index (Phi) is 6.75. The Bertz CT molecular complexity index is 310. The summed E-state index contributed by atoms with van der Waals surface area (Å²) in [6.07, 6.45) is 2.01. The molecule has 1 heterocycles. The maximum Gasteiger partial charge on any atom is 0.318 e. The summed E-state index contributed by atoms with van der Waals surface area (Å²) in [4.78, 5) is 26.9. The zero-order valence-corrected chi connectivity index (χ0v) is 11.6. The first-order valence-corrected chi connectivity index (χ1v) is 6.81. The van der Waals surface area contributed by atoms with Crippen molar-refractivity contribution in [2.24, 2.45) is 11.5 Å². The third kappa shape index (κ3) is 5.54. The molecule has 1 atom stereocenters. The van der Waals surface area contributed by atoms with Gasteiger partial charge >= 0.3 is 6.03 Å². The largest absolute Gasteiger partial charge is 0.351 e. The zero-order valence-electron chi connectivity index (χ0n) is 11.6. The maximum atomic E-state index is 11.7. The molecule has 0 aliphatic carbocycles. The van der Waals surface area contributed by atoms with Crippen molar-refractivity contribution in [3.63, 3.8) is 0 Å². The number of rotatable bonds is 5. The van der Waals surface area contributed by atoms with E-state index in [1.54, 1.807) is 6.92 Å². The van der Waals surface area contributed by atoms with E-state index in [2.05, 4.69) is 15.1 Å². The van der Waals surface area contributed by atoms with E-state index in [1.165, 1.54) is 0 Å². The second-order valence-corrected chi connectivity index (χ2v) is 4.90. The third-order valence-electron chi connectivity index (χ3n) is 3.48. The Morgan fingerprint density at radius 2 is 2.00 bits per heavy atom. The average molecular weight is 271 g/mol. The van der Waals surface area contributed by atoms with Crippen molar-refractivity contribution in [3.05, 3.63) is 0 Å². The highest BCUT2D eigenvalue weighted by molar-refractivity contribution is 5.96. The van der Waals surface area contributed by atoms with Crippen LogP contribution in [-0.4, -0.2) is 67.0 Å². The Balaban J connectivity index is 2.43. The molecule has 0 aromatic rings. The average Bonchev–Trinajstić information content (AvgIpc) is 2.60. The summed E-state index contributed by atoms with van der Waals surface area (Å²) in [7, 11) is 0. The lowest BCUT2D eigenvalue weighted by Gasteiger charge is -2.26. The fraction of sp³-hybridized carbons (Fsp3) is 0.833. The van der Waals surface area contributed by atoms with Crippen LogP contribution >= 0.6 is 0 Å². The molecular formula is C12H25N5O2. The lowest BCUT2D eigenvalue weighted by atomic mass is 10.2. The first kappa shape index (κ1) is 15.9. The van der Waals surface area contributed by atoms with Gasteiger partial charge in [-0.25, -0.2) is 4.79 Å². The van der Waals surface area contributed by atoms with E-state index < -0.39 is 6.03 Å². The Morgan fingerprint density at radius 1 is 1.26 bits per heavy atom. The number of imide groups is 1. The van der Waals surface area contributed by atoms with E-state index in [4.69, 9.17) is 11.5 Å². The van der Waals surface area contributed by atoms with Crippen LogP contribution in [-0.2, 0) is 4.79 Å². The Morgan fingerprint density at radius 3 is 2.63 bits per heavy atom. The summed E-state index contributed by atoms with van der Waals surface area (Å²) >= 11 is 0. The number of nitrogens with zero attached hydrogens (tertiary/aromatic N) is 2. The predicted octanol–water partition coefficient (Wildman–Crippen LogP) is -1.07. The summed E-state index contributed by atoms with van der Waals surface area (Å²) in [6, 6.07) is -1.13. The molecule has 110 valence electrons. The van der Waals surface area contributed by atoms with Crippen LogP contribution in [0.4, 0.5) is 4.79 Å². The van der Waals surface area contributed by atoms with Gasteiger partial charge in [0, 0.05) is 19.6 Å². The van der Waals surface area contributed by atoms with Crippen molar-refractivity contribution in [3.8, 4) is 0 Å². The fourth-order valence-electron chi connectivity index (χ4n) is 2.31. The van der Waals surface area contributed by atoms with Crippen molar-refractivity contribution in [2.75, 3.05) is 39.3 Å². The van der Waals surface area contributed by atoms with Gasteiger partial charge in [-0.3, -0.25) is 15.0 Å². The van der Waals surface area contributed by atoms with E-state index >= 15 is 0 Å². The van der Waals surface area contributed by atoms with E-state index in [1.807, 2.05) is 0 Å². The summed E-state index contributed by atoms with van der Waals surface area (Å²) in [5.74, 6) is -0.331. The van der Waals surface area contributed by atoms with Gasteiger partial charge in [0.15, 0.2) is 0 Å². The second kappa shape index (κ2) is 8.08. The number of nitrogens with two attached hydrogens (primary N) is 2. The number of carbonyl (C=O) groups excluding carboxylic acids is 2. The van der Waals surface area contributed by atoms with Gasteiger partial charge in [-0.15, -0.1) is 0 Å². The molecule has 3 amide bonds. The molecule has 1 aliphatic rings. The van der Waals surface area contributed by atoms with Crippen LogP contribution in [0.15, 0.2) is 0 Å². The molecule has 0 saturated carbocycles. The summed E-state index contributed by atoms with van der Waals surface area (Å²) in [5, 5.41) is 2.13. The van der Waals surface area contributed by atoms with Crippen molar-refractivity contribution < 1.29 is 9.59 Å². The minimum Gasteiger partial charge on any atom is -0.351 e. The molecule has 7 nitrogen and oxygen atoms in total. The van der Waals surface area contributed by atoms with Crippen LogP contribution in [0, 0.1) is 0 Å². The molecule has 1 rings (SSSR count). The number of nitrogens with one attached hydrogen (secondary N) is 1. The standard InChI is InChI=1S/C12H25N5O2/c1-10(11(18)15-12(14)19)17-7-3-6-16(8-9-17)5-2-4-13/h10H,2-9,13H2,1H3,(H3,14,15,18,19). The summed E-state index contributed by atoms with van der Waals surface area (Å²) in [6.45, 7) is 7.14. The van der Waals surface area contributed by atoms with Gasteiger partial charge in [0.1, 0.15) is 0 Å². The third-order valence-corrected chi connectivity index (χ3v) is 3.48. The monoisotopic (exact) mass is 271 g/mol. The molecule has 1 unspecified atom stereocenters. The summed E-state index contributed by atoms with van der Waals surface area (Å²) in [5.41, 5.74) is 10.5. The fourth-order valence-corrected chi connectivity index (χ4v) is 2.31. The van der Waals surface area contributed by atoms with Crippen LogP contribution in [0.25, 0.3) is 0 Å². The number of hydrogen-bond donors (Lipinski definition) is 3.